The van der Waals surface area contributed by atoms with Crippen LogP contribution in [0, 0.1) is 0 Å². The number of hydrogen-bond donors (Lipinski definition) is 1. The smallest absolute Gasteiger partial charge is 0.193 e. The summed E-state index contributed by atoms with van der Waals surface area (Å²) in [4.78, 5) is 0. The molecule has 0 saturated carbocycles. The molecule has 0 radical (unpaired) electrons. The van der Waals surface area contributed by atoms with Crippen molar-refractivity contribution in [1.82, 2.24) is 5.32 Å². The summed E-state index contributed by atoms with van der Waals surface area (Å²) in [5.74, 6) is 0.806. The van der Waals surface area contributed by atoms with Gasteiger partial charge in [0.2, 0.25) is 0 Å². The Bertz CT molecular complexity index is 542. The first-order valence-electron chi connectivity index (χ1n) is 5.55. The van der Waals surface area contributed by atoms with E-state index >= 15 is 0 Å². The molecule has 1 aromatic heterocycles. The van der Waals surface area contributed by atoms with Crippen LogP contribution in [0.3, 0.4) is 0 Å². The zero-order valence-electron chi connectivity index (χ0n) is 9.71. The second-order valence-electron chi connectivity index (χ2n) is 3.80. The molecule has 0 aliphatic rings. The zero-order valence-corrected chi connectivity index (χ0v) is 13.6. The molecule has 1 unspecified atom stereocenters. The number of halogens is 3. The number of benzene rings is 1. The maximum atomic E-state index is 5.85. The largest absolute Gasteiger partial charge is 0.448 e. The molecule has 18 heavy (non-hydrogen) atoms. The summed E-state index contributed by atoms with van der Waals surface area (Å²) in [6.45, 7) is 2.89. The number of rotatable bonds is 4. The Labute approximate surface area is 128 Å². The van der Waals surface area contributed by atoms with E-state index in [1.807, 2.05) is 18.2 Å². The highest BCUT2D eigenvalue weighted by Crippen LogP contribution is 2.32. The molecule has 1 N–H and O–H groups in total. The fraction of sp³-hybridized carbons (Fsp3) is 0.231. The first kappa shape index (κ1) is 14.1. The minimum Gasteiger partial charge on any atom is -0.448 e. The Hall–Kier alpha value is -0.290. The first-order chi connectivity index (χ1) is 8.61. The van der Waals surface area contributed by atoms with Gasteiger partial charge >= 0.3 is 0 Å². The molecule has 0 bridgehead atoms. The first-order valence-corrected chi connectivity index (χ1v) is 7.51. The van der Waals surface area contributed by atoms with E-state index < -0.39 is 0 Å². The molecule has 2 aromatic rings. The topological polar surface area (TPSA) is 25.2 Å². The molecule has 0 aliphatic carbocycles. The third kappa shape index (κ3) is 3.18. The lowest BCUT2D eigenvalue weighted by molar-refractivity contribution is 0.453. The van der Waals surface area contributed by atoms with E-state index in [9.17, 15) is 0 Å². The second-order valence-corrected chi connectivity index (χ2v) is 5.94. The van der Waals surface area contributed by atoms with Gasteiger partial charge in [-0.1, -0.05) is 38.8 Å². The van der Waals surface area contributed by atoms with E-state index in [-0.39, 0.29) is 6.04 Å². The predicted octanol–water partition coefficient (Wildman–Crippen LogP) is 5.16. The van der Waals surface area contributed by atoms with Gasteiger partial charge in [0.1, 0.15) is 5.76 Å². The van der Waals surface area contributed by atoms with E-state index in [4.69, 9.17) is 16.0 Å². The maximum Gasteiger partial charge on any atom is 0.193 e. The highest BCUT2D eigenvalue weighted by atomic mass is 79.9. The summed E-state index contributed by atoms with van der Waals surface area (Å²) in [5, 5.41) is 3.80. The van der Waals surface area contributed by atoms with Gasteiger partial charge in [-0.2, -0.15) is 0 Å². The Balaban J connectivity index is 2.44. The van der Waals surface area contributed by atoms with E-state index in [2.05, 4.69) is 50.2 Å². The van der Waals surface area contributed by atoms with Crippen LogP contribution in [0.1, 0.15) is 24.3 Å². The summed E-state index contributed by atoms with van der Waals surface area (Å²) in [6, 6.07) is 9.69. The quantitative estimate of drug-likeness (QED) is 0.776. The zero-order chi connectivity index (χ0) is 13.1. The van der Waals surface area contributed by atoms with Gasteiger partial charge < -0.3 is 9.73 Å². The van der Waals surface area contributed by atoms with Gasteiger partial charge in [-0.25, -0.2) is 0 Å². The lowest BCUT2D eigenvalue weighted by Crippen LogP contribution is -2.21. The molecular weight excluding hydrogens is 381 g/mol. The normalized spacial score (nSPS) is 12.7. The Kier molecular flexibility index (Phi) is 4.90. The fourth-order valence-electron chi connectivity index (χ4n) is 1.79. The van der Waals surface area contributed by atoms with E-state index in [0.717, 1.165) is 26.8 Å². The highest BCUT2D eigenvalue weighted by molar-refractivity contribution is 9.11. The molecule has 0 aliphatic heterocycles. The molecule has 5 heteroatoms. The SMILES string of the molecule is CCNC(c1ccc(Cl)o1)c1cc(Br)ccc1Br. The number of nitrogens with one attached hydrogen (secondary N) is 1. The Morgan fingerprint density at radius 2 is 2.06 bits per heavy atom. The van der Waals surface area contributed by atoms with Gasteiger partial charge in [-0.05, 0) is 54.0 Å². The van der Waals surface area contributed by atoms with Gasteiger partial charge in [-0.15, -0.1) is 0 Å². The van der Waals surface area contributed by atoms with Crippen LogP contribution < -0.4 is 5.32 Å². The minimum atomic E-state index is -0.0191. The van der Waals surface area contributed by atoms with E-state index in [1.54, 1.807) is 6.07 Å². The molecule has 1 atom stereocenters. The van der Waals surface area contributed by atoms with Crippen LogP contribution in [-0.4, -0.2) is 6.54 Å². The third-order valence-electron chi connectivity index (χ3n) is 2.56. The van der Waals surface area contributed by atoms with Crippen molar-refractivity contribution < 1.29 is 4.42 Å². The van der Waals surface area contributed by atoms with Crippen LogP contribution in [0.15, 0.2) is 43.7 Å². The molecule has 0 spiro atoms. The predicted molar refractivity (Wildman–Crippen MR) is 81.1 cm³/mol. The van der Waals surface area contributed by atoms with Crippen molar-refractivity contribution in [2.24, 2.45) is 0 Å². The summed E-state index contributed by atoms with van der Waals surface area (Å²) >= 11 is 12.9. The van der Waals surface area contributed by atoms with Crippen LogP contribution in [0.4, 0.5) is 0 Å². The average molecular weight is 394 g/mol. The average Bonchev–Trinajstić information content (AvgIpc) is 2.76. The van der Waals surface area contributed by atoms with Crippen molar-refractivity contribution in [3.63, 3.8) is 0 Å². The summed E-state index contributed by atoms with van der Waals surface area (Å²) in [7, 11) is 0. The summed E-state index contributed by atoms with van der Waals surface area (Å²) < 4.78 is 7.57. The van der Waals surface area contributed by atoms with Crippen molar-refractivity contribution in [2.75, 3.05) is 6.54 Å². The molecule has 0 saturated heterocycles. The van der Waals surface area contributed by atoms with Crippen LogP contribution in [0.25, 0.3) is 0 Å². The van der Waals surface area contributed by atoms with Crippen molar-refractivity contribution in [3.05, 3.63) is 55.8 Å². The fourth-order valence-corrected chi connectivity index (χ4v) is 2.79. The van der Waals surface area contributed by atoms with Crippen LogP contribution in [-0.2, 0) is 0 Å². The van der Waals surface area contributed by atoms with Gasteiger partial charge in [0, 0.05) is 8.95 Å². The molecular formula is C13H12Br2ClNO. The van der Waals surface area contributed by atoms with Gasteiger partial charge in [0.05, 0.1) is 6.04 Å². The van der Waals surface area contributed by atoms with Gasteiger partial charge in [0.15, 0.2) is 5.22 Å². The van der Waals surface area contributed by atoms with E-state index in [0.29, 0.717) is 5.22 Å². The van der Waals surface area contributed by atoms with Crippen LogP contribution >= 0.6 is 43.5 Å². The standard InChI is InChI=1S/C13H12Br2ClNO/c1-2-17-13(11-5-6-12(16)18-11)9-7-8(14)3-4-10(9)15/h3-7,13,17H,2H2,1H3. The van der Waals surface area contributed by atoms with Crippen LogP contribution in [0.5, 0.6) is 0 Å². The summed E-state index contributed by atoms with van der Waals surface area (Å²) in [5.41, 5.74) is 1.11. The monoisotopic (exact) mass is 391 g/mol. The maximum absolute atomic E-state index is 5.85. The number of furan rings is 1. The molecule has 1 heterocycles. The third-order valence-corrected chi connectivity index (χ3v) is 3.97. The number of hydrogen-bond acceptors (Lipinski definition) is 2. The molecule has 96 valence electrons. The summed E-state index contributed by atoms with van der Waals surface area (Å²) in [6.07, 6.45) is 0. The van der Waals surface area contributed by atoms with Crippen molar-refractivity contribution >= 4 is 43.5 Å². The molecule has 2 nitrogen and oxygen atoms in total. The van der Waals surface area contributed by atoms with Crippen molar-refractivity contribution in [2.45, 2.75) is 13.0 Å². The van der Waals surface area contributed by atoms with Crippen molar-refractivity contribution in [3.8, 4) is 0 Å². The second kappa shape index (κ2) is 6.24. The minimum absolute atomic E-state index is 0.0191. The van der Waals surface area contributed by atoms with Gasteiger partial charge in [0.25, 0.3) is 0 Å². The van der Waals surface area contributed by atoms with Gasteiger partial charge in [-0.3, -0.25) is 0 Å². The lowest BCUT2D eigenvalue weighted by atomic mass is 10.0. The Morgan fingerprint density at radius 3 is 2.67 bits per heavy atom. The lowest BCUT2D eigenvalue weighted by Gasteiger charge is -2.17. The molecule has 1 aromatic carbocycles. The molecule has 2 rings (SSSR count). The van der Waals surface area contributed by atoms with Crippen molar-refractivity contribution in [1.29, 1.82) is 0 Å². The van der Waals surface area contributed by atoms with E-state index in [1.165, 1.54) is 0 Å². The molecule has 0 fully saturated rings. The molecule has 0 amide bonds. The Morgan fingerprint density at radius 1 is 1.28 bits per heavy atom. The van der Waals surface area contributed by atoms with Crippen LogP contribution in [0.2, 0.25) is 5.22 Å². The highest BCUT2D eigenvalue weighted by Gasteiger charge is 2.19.